The van der Waals surface area contributed by atoms with Crippen LogP contribution in [0.2, 0.25) is 0 Å². The average molecular weight is 387 g/mol. The van der Waals surface area contributed by atoms with Gasteiger partial charge in [0.15, 0.2) is 0 Å². The van der Waals surface area contributed by atoms with E-state index in [1.165, 1.54) is 15.8 Å². The van der Waals surface area contributed by atoms with Gasteiger partial charge in [-0.15, -0.1) is 0 Å². The summed E-state index contributed by atoms with van der Waals surface area (Å²) in [5.74, 6) is 0.102. The summed E-state index contributed by atoms with van der Waals surface area (Å²) < 4.78 is 1.46. The van der Waals surface area contributed by atoms with Crippen molar-refractivity contribution in [2.24, 2.45) is 0 Å². The molecule has 148 valence electrons. The molecule has 4 rings (SSSR count). The molecule has 0 fully saturated rings. The lowest BCUT2D eigenvalue weighted by molar-refractivity contribution is -0.119. The molecule has 2 aromatic carbocycles. The van der Waals surface area contributed by atoms with Gasteiger partial charge in [-0.3, -0.25) is 9.59 Å². The van der Waals surface area contributed by atoms with E-state index in [-0.39, 0.29) is 17.5 Å². The van der Waals surface area contributed by atoms with Gasteiger partial charge in [-0.25, -0.2) is 4.68 Å². The predicted molar refractivity (Wildman–Crippen MR) is 115 cm³/mol. The molecular weight excluding hydrogens is 362 g/mol. The number of amides is 1. The molecule has 1 aromatic heterocycles. The molecule has 1 unspecified atom stereocenters. The van der Waals surface area contributed by atoms with Crippen molar-refractivity contribution in [1.82, 2.24) is 9.78 Å². The van der Waals surface area contributed by atoms with Gasteiger partial charge in [0.1, 0.15) is 0 Å². The molecule has 0 saturated heterocycles. The van der Waals surface area contributed by atoms with Gasteiger partial charge in [0.05, 0.1) is 5.69 Å². The molecule has 0 bridgehead atoms. The van der Waals surface area contributed by atoms with Crippen LogP contribution in [0.4, 0.5) is 5.69 Å². The minimum Gasteiger partial charge on any atom is -0.309 e. The number of para-hydroxylation sites is 1. The van der Waals surface area contributed by atoms with Crippen LogP contribution >= 0.6 is 0 Å². The second kappa shape index (κ2) is 8.03. The molecule has 5 nitrogen and oxygen atoms in total. The van der Waals surface area contributed by atoms with E-state index in [2.05, 4.69) is 18.1 Å². The number of aryl methyl sites for hydroxylation is 2. The van der Waals surface area contributed by atoms with Gasteiger partial charge >= 0.3 is 0 Å². The first kappa shape index (κ1) is 19.1. The summed E-state index contributed by atoms with van der Waals surface area (Å²) in [6.45, 7) is 4.54. The first-order valence-electron chi connectivity index (χ1n) is 10.1. The summed E-state index contributed by atoms with van der Waals surface area (Å²) in [5.41, 5.74) is 5.01. The molecular formula is C24H25N3O2. The molecule has 1 aliphatic rings. The second-order valence-electron chi connectivity index (χ2n) is 7.70. The minimum absolute atomic E-state index is 0.102. The second-order valence-corrected chi connectivity index (χ2v) is 7.70. The predicted octanol–water partition coefficient (Wildman–Crippen LogP) is 3.98. The van der Waals surface area contributed by atoms with Crippen LogP contribution in [0.3, 0.4) is 0 Å². The lowest BCUT2D eigenvalue weighted by Crippen LogP contribution is -2.35. The highest BCUT2D eigenvalue weighted by molar-refractivity contribution is 5.96. The van der Waals surface area contributed by atoms with Crippen molar-refractivity contribution in [2.75, 3.05) is 4.90 Å². The van der Waals surface area contributed by atoms with E-state index >= 15 is 0 Å². The highest BCUT2D eigenvalue weighted by Gasteiger charge is 2.29. The number of aromatic nitrogens is 2. The van der Waals surface area contributed by atoms with E-state index in [1.54, 1.807) is 12.1 Å². The summed E-state index contributed by atoms with van der Waals surface area (Å²) in [6, 6.07) is 19.6. The zero-order valence-electron chi connectivity index (χ0n) is 16.8. The minimum atomic E-state index is -0.145. The van der Waals surface area contributed by atoms with Gasteiger partial charge in [-0.1, -0.05) is 48.0 Å². The highest BCUT2D eigenvalue weighted by atomic mass is 16.2. The zero-order chi connectivity index (χ0) is 20.4. The maximum Gasteiger partial charge on any atom is 0.266 e. The molecule has 1 amide bonds. The van der Waals surface area contributed by atoms with Crippen molar-refractivity contribution >= 4 is 11.6 Å². The SMILES string of the molecule is Cc1ccc(-c2ccc(=O)n(CCCC(=O)N3c4ccccc4CC3C)n2)cc1. The third-order valence-corrected chi connectivity index (χ3v) is 5.45. The van der Waals surface area contributed by atoms with Crippen LogP contribution < -0.4 is 10.5 Å². The van der Waals surface area contributed by atoms with Crippen molar-refractivity contribution in [1.29, 1.82) is 0 Å². The van der Waals surface area contributed by atoms with Crippen molar-refractivity contribution in [3.05, 3.63) is 82.1 Å². The topological polar surface area (TPSA) is 55.2 Å². The third kappa shape index (κ3) is 3.99. The van der Waals surface area contributed by atoms with Crippen molar-refractivity contribution in [3.8, 4) is 11.3 Å². The van der Waals surface area contributed by atoms with Gasteiger partial charge in [0.2, 0.25) is 5.91 Å². The van der Waals surface area contributed by atoms with Crippen molar-refractivity contribution in [2.45, 2.75) is 45.7 Å². The highest BCUT2D eigenvalue weighted by Crippen LogP contribution is 2.32. The number of carbonyl (C=O) groups excluding carboxylic acids is 1. The number of fused-ring (bicyclic) bond motifs is 1. The summed E-state index contributed by atoms with van der Waals surface area (Å²) in [5, 5.41) is 4.50. The first-order chi connectivity index (χ1) is 14.0. The number of hydrogen-bond acceptors (Lipinski definition) is 3. The number of anilines is 1. The van der Waals surface area contributed by atoms with Gasteiger partial charge in [-0.05, 0) is 44.4 Å². The van der Waals surface area contributed by atoms with E-state index in [1.807, 2.05) is 54.3 Å². The largest absolute Gasteiger partial charge is 0.309 e. The van der Waals surface area contributed by atoms with Crippen LogP contribution in [0.25, 0.3) is 11.3 Å². The van der Waals surface area contributed by atoms with Crippen LogP contribution in [-0.4, -0.2) is 21.7 Å². The van der Waals surface area contributed by atoms with Gasteiger partial charge in [0, 0.05) is 36.3 Å². The van der Waals surface area contributed by atoms with E-state index in [0.717, 1.165) is 23.4 Å². The summed E-state index contributed by atoms with van der Waals surface area (Å²) >= 11 is 0. The fraction of sp³-hybridized carbons (Fsp3) is 0.292. The summed E-state index contributed by atoms with van der Waals surface area (Å²) in [6.07, 6.45) is 1.86. The van der Waals surface area contributed by atoms with E-state index < -0.39 is 0 Å². The lowest BCUT2D eigenvalue weighted by atomic mass is 10.1. The smallest absolute Gasteiger partial charge is 0.266 e. The van der Waals surface area contributed by atoms with E-state index in [0.29, 0.717) is 19.4 Å². The summed E-state index contributed by atoms with van der Waals surface area (Å²) in [7, 11) is 0. The van der Waals surface area contributed by atoms with Crippen molar-refractivity contribution in [3.63, 3.8) is 0 Å². The molecule has 0 radical (unpaired) electrons. The molecule has 2 heterocycles. The zero-order valence-corrected chi connectivity index (χ0v) is 16.8. The van der Waals surface area contributed by atoms with E-state index in [4.69, 9.17) is 0 Å². The molecule has 0 spiro atoms. The van der Waals surface area contributed by atoms with Crippen LogP contribution in [0.1, 0.15) is 30.9 Å². The molecule has 3 aromatic rings. The molecule has 0 saturated carbocycles. The maximum absolute atomic E-state index is 12.8. The Hall–Kier alpha value is -3.21. The number of carbonyl (C=O) groups is 1. The standard InChI is InChI=1S/C24H25N3O2/c1-17-9-11-19(12-10-17)21-13-14-23(28)26(25-21)15-5-8-24(29)27-18(2)16-20-6-3-4-7-22(20)27/h3-4,6-7,9-14,18H,5,8,15-16H2,1-2H3. The molecule has 5 heteroatoms. The third-order valence-electron chi connectivity index (χ3n) is 5.45. The Morgan fingerprint density at radius 2 is 1.83 bits per heavy atom. The van der Waals surface area contributed by atoms with Gasteiger partial charge in [0.25, 0.3) is 5.56 Å². The van der Waals surface area contributed by atoms with Crippen molar-refractivity contribution < 1.29 is 4.79 Å². The van der Waals surface area contributed by atoms with Gasteiger partial charge in [-0.2, -0.15) is 5.10 Å². The van der Waals surface area contributed by atoms with Gasteiger partial charge < -0.3 is 4.90 Å². The summed E-state index contributed by atoms with van der Waals surface area (Å²) in [4.78, 5) is 26.9. The Morgan fingerprint density at radius 3 is 2.62 bits per heavy atom. The fourth-order valence-electron chi connectivity index (χ4n) is 3.93. The quantitative estimate of drug-likeness (QED) is 0.665. The maximum atomic E-state index is 12.8. The van der Waals surface area contributed by atoms with Crippen LogP contribution in [0, 0.1) is 6.92 Å². The Bertz CT molecular complexity index is 1090. The Labute approximate surface area is 170 Å². The Kier molecular flexibility index (Phi) is 5.30. The normalized spacial score (nSPS) is 15.4. The van der Waals surface area contributed by atoms with Crippen LogP contribution in [0.5, 0.6) is 0 Å². The fourth-order valence-corrected chi connectivity index (χ4v) is 3.93. The number of hydrogen-bond donors (Lipinski definition) is 0. The molecule has 0 aliphatic carbocycles. The van der Waals surface area contributed by atoms with Crippen LogP contribution in [-0.2, 0) is 17.8 Å². The molecule has 1 aliphatic heterocycles. The lowest BCUT2D eigenvalue weighted by Gasteiger charge is -2.22. The molecule has 29 heavy (non-hydrogen) atoms. The number of nitrogens with zero attached hydrogens (tertiary/aromatic N) is 3. The Morgan fingerprint density at radius 1 is 1.07 bits per heavy atom. The monoisotopic (exact) mass is 387 g/mol. The van der Waals surface area contributed by atoms with Crippen LogP contribution in [0.15, 0.2) is 65.5 Å². The first-order valence-corrected chi connectivity index (χ1v) is 10.1. The number of benzene rings is 2. The Balaban J connectivity index is 1.43. The van der Waals surface area contributed by atoms with E-state index in [9.17, 15) is 9.59 Å². The molecule has 1 atom stereocenters. The average Bonchev–Trinajstić information content (AvgIpc) is 3.05. The molecule has 0 N–H and O–H groups in total. The number of rotatable bonds is 5.